The maximum atomic E-state index is 12.5. The van der Waals surface area contributed by atoms with E-state index >= 15 is 0 Å². The van der Waals surface area contributed by atoms with Crippen molar-refractivity contribution in [2.45, 2.75) is 20.0 Å². The zero-order valence-electron chi connectivity index (χ0n) is 15.7. The van der Waals surface area contributed by atoms with E-state index in [1.807, 2.05) is 0 Å². The van der Waals surface area contributed by atoms with Crippen LogP contribution in [0.1, 0.15) is 19.4 Å². The standard InChI is InChI=1S/C18H21NO7S/c1-10(2)26-16(20)9-19-17(21)15(27-18(19)22)7-11-6-13(24-4)14(25-5)8-12(11)23-3/h6-8,10H,9H2,1-5H3/b15-7-. The molecular weight excluding hydrogens is 374 g/mol. The first kappa shape index (κ1) is 20.6. The molecule has 1 fully saturated rings. The molecule has 0 spiro atoms. The van der Waals surface area contributed by atoms with Gasteiger partial charge in [-0.25, -0.2) is 0 Å². The third kappa shape index (κ3) is 4.73. The highest BCUT2D eigenvalue weighted by Crippen LogP contribution is 2.38. The number of benzene rings is 1. The summed E-state index contributed by atoms with van der Waals surface area (Å²) < 4.78 is 20.8. The number of rotatable bonds is 7. The van der Waals surface area contributed by atoms with Crippen LogP contribution in [-0.2, 0) is 14.3 Å². The second-order valence-electron chi connectivity index (χ2n) is 5.76. The normalized spacial score (nSPS) is 15.5. The highest BCUT2D eigenvalue weighted by Gasteiger charge is 2.37. The Labute approximate surface area is 161 Å². The molecule has 146 valence electrons. The van der Waals surface area contributed by atoms with Gasteiger partial charge in [0, 0.05) is 11.6 Å². The van der Waals surface area contributed by atoms with E-state index in [2.05, 4.69) is 0 Å². The minimum atomic E-state index is -0.641. The van der Waals surface area contributed by atoms with Crippen molar-refractivity contribution in [1.82, 2.24) is 4.90 Å². The van der Waals surface area contributed by atoms with Gasteiger partial charge < -0.3 is 18.9 Å². The van der Waals surface area contributed by atoms with E-state index in [4.69, 9.17) is 18.9 Å². The molecule has 8 nitrogen and oxygen atoms in total. The molecule has 27 heavy (non-hydrogen) atoms. The van der Waals surface area contributed by atoms with E-state index < -0.39 is 23.7 Å². The van der Waals surface area contributed by atoms with Crippen LogP contribution in [0.25, 0.3) is 6.08 Å². The molecule has 1 aliphatic rings. The largest absolute Gasteiger partial charge is 0.496 e. The van der Waals surface area contributed by atoms with Gasteiger partial charge in [0.15, 0.2) is 11.5 Å². The van der Waals surface area contributed by atoms with Crippen LogP contribution in [-0.4, -0.2) is 56.0 Å². The second kappa shape index (κ2) is 8.81. The molecular formula is C18H21NO7S. The van der Waals surface area contributed by atoms with Gasteiger partial charge in [0.25, 0.3) is 11.1 Å². The predicted molar refractivity (Wildman–Crippen MR) is 100 cm³/mol. The van der Waals surface area contributed by atoms with Gasteiger partial charge in [0.05, 0.1) is 32.3 Å². The van der Waals surface area contributed by atoms with Crippen molar-refractivity contribution in [3.05, 3.63) is 22.6 Å². The summed E-state index contributed by atoms with van der Waals surface area (Å²) in [7, 11) is 4.47. The van der Waals surface area contributed by atoms with Crippen molar-refractivity contribution < 1.29 is 33.3 Å². The Morgan fingerprint density at radius 1 is 1.07 bits per heavy atom. The molecule has 2 amide bonds. The number of thioether (sulfide) groups is 1. The van der Waals surface area contributed by atoms with Crippen LogP contribution in [0.4, 0.5) is 4.79 Å². The molecule has 0 radical (unpaired) electrons. The minimum Gasteiger partial charge on any atom is -0.496 e. The van der Waals surface area contributed by atoms with Gasteiger partial charge in [-0.1, -0.05) is 0 Å². The summed E-state index contributed by atoms with van der Waals surface area (Å²) in [5.41, 5.74) is 0.533. The van der Waals surface area contributed by atoms with Gasteiger partial charge >= 0.3 is 5.97 Å². The van der Waals surface area contributed by atoms with Crippen LogP contribution in [0, 0.1) is 0 Å². The number of carbonyl (C=O) groups excluding carboxylic acids is 3. The molecule has 1 heterocycles. The first-order valence-electron chi connectivity index (χ1n) is 8.05. The monoisotopic (exact) mass is 395 g/mol. The third-order valence-corrected chi connectivity index (χ3v) is 4.46. The predicted octanol–water partition coefficient (Wildman–Crippen LogP) is 2.70. The molecule has 0 saturated carbocycles. The molecule has 1 aromatic carbocycles. The van der Waals surface area contributed by atoms with E-state index in [1.54, 1.807) is 26.0 Å². The van der Waals surface area contributed by atoms with Gasteiger partial charge in [-0.3, -0.25) is 19.3 Å². The lowest BCUT2D eigenvalue weighted by Crippen LogP contribution is -2.35. The van der Waals surface area contributed by atoms with Gasteiger partial charge in [-0.05, 0) is 37.8 Å². The Bertz CT molecular complexity index is 788. The molecule has 0 N–H and O–H groups in total. The quantitative estimate of drug-likeness (QED) is 0.514. The number of imide groups is 1. The van der Waals surface area contributed by atoms with Crippen LogP contribution in [0.3, 0.4) is 0 Å². The first-order chi connectivity index (χ1) is 12.8. The van der Waals surface area contributed by atoms with Gasteiger partial charge in [-0.2, -0.15) is 0 Å². The maximum Gasteiger partial charge on any atom is 0.326 e. The zero-order chi connectivity index (χ0) is 20.1. The van der Waals surface area contributed by atoms with Crippen molar-refractivity contribution >= 4 is 35.0 Å². The lowest BCUT2D eigenvalue weighted by atomic mass is 10.1. The summed E-state index contributed by atoms with van der Waals surface area (Å²) in [6, 6.07) is 3.26. The number of hydrogen-bond donors (Lipinski definition) is 0. The van der Waals surface area contributed by atoms with Crippen molar-refractivity contribution in [2.75, 3.05) is 27.9 Å². The molecule has 1 aliphatic heterocycles. The van der Waals surface area contributed by atoms with E-state index in [-0.39, 0.29) is 11.0 Å². The van der Waals surface area contributed by atoms with Crippen molar-refractivity contribution in [3.8, 4) is 17.2 Å². The maximum absolute atomic E-state index is 12.5. The van der Waals surface area contributed by atoms with Crippen LogP contribution < -0.4 is 14.2 Å². The Balaban J connectivity index is 2.31. The Kier molecular flexibility index (Phi) is 6.73. The highest BCUT2D eigenvalue weighted by molar-refractivity contribution is 8.18. The fraction of sp³-hybridized carbons (Fsp3) is 0.389. The first-order valence-corrected chi connectivity index (χ1v) is 8.87. The molecule has 2 rings (SSSR count). The fourth-order valence-corrected chi connectivity index (χ4v) is 3.20. The lowest BCUT2D eigenvalue weighted by molar-refractivity contribution is -0.149. The van der Waals surface area contributed by atoms with Crippen molar-refractivity contribution in [2.24, 2.45) is 0 Å². The third-order valence-electron chi connectivity index (χ3n) is 3.55. The molecule has 0 unspecified atom stereocenters. The second-order valence-corrected chi connectivity index (χ2v) is 6.75. The highest BCUT2D eigenvalue weighted by atomic mass is 32.2. The summed E-state index contributed by atoms with van der Waals surface area (Å²) in [6.45, 7) is 2.95. The van der Waals surface area contributed by atoms with Crippen molar-refractivity contribution in [3.63, 3.8) is 0 Å². The summed E-state index contributed by atoms with van der Waals surface area (Å²) in [5.74, 6) is 0.152. The van der Waals surface area contributed by atoms with Crippen LogP contribution in [0.2, 0.25) is 0 Å². The molecule has 0 aromatic heterocycles. The number of amides is 2. The van der Waals surface area contributed by atoms with E-state index in [9.17, 15) is 14.4 Å². The number of methoxy groups -OCH3 is 3. The summed E-state index contributed by atoms with van der Waals surface area (Å²) in [6.07, 6.45) is 1.18. The molecule has 1 saturated heterocycles. The SMILES string of the molecule is COc1cc(OC)c(OC)cc1/C=C1\SC(=O)N(CC(=O)OC(C)C)C1=O. The number of carbonyl (C=O) groups is 3. The number of esters is 1. The van der Waals surface area contributed by atoms with Gasteiger partial charge in [-0.15, -0.1) is 0 Å². The smallest absolute Gasteiger partial charge is 0.326 e. The van der Waals surface area contributed by atoms with Gasteiger partial charge in [0.2, 0.25) is 0 Å². The molecule has 9 heteroatoms. The topological polar surface area (TPSA) is 91.4 Å². The molecule has 0 atom stereocenters. The number of nitrogens with zero attached hydrogens (tertiary/aromatic N) is 1. The average molecular weight is 395 g/mol. The van der Waals surface area contributed by atoms with Crippen LogP contribution in [0.15, 0.2) is 17.0 Å². The molecule has 1 aromatic rings. The fourth-order valence-electron chi connectivity index (χ4n) is 2.37. The number of hydrogen-bond acceptors (Lipinski definition) is 8. The van der Waals surface area contributed by atoms with E-state index in [1.165, 1.54) is 27.4 Å². The zero-order valence-corrected chi connectivity index (χ0v) is 16.5. The molecule has 0 bridgehead atoms. The van der Waals surface area contributed by atoms with Crippen LogP contribution >= 0.6 is 11.8 Å². The summed E-state index contributed by atoms with van der Waals surface area (Å²) in [5, 5.41) is -0.536. The van der Waals surface area contributed by atoms with Gasteiger partial charge in [0.1, 0.15) is 12.3 Å². The minimum absolute atomic E-state index is 0.169. The molecule has 0 aliphatic carbocycles. The van der Waals surface area contributed by atoms with E-state index in [0.717, 1.165) is 16.7 Å². The number of ether oxygens (including phenoxy) is 4. The average Bonchev–Trinajstić information content (AvgIpc) is 2.88. The van der Waals surface area contributed by atoms with Crippen LogP contribution in [0.5, 0.6) is 17.2 Å². The summed E-state index contributed by atoms with van der Waals surface area (Å²) >= 11 is 0.743. The Morgan fingerprint density at radius 3 is 2.22 bits per heavy atom. The summed E-state index contributed by atoms with van der Waals surface area (Å²) in [4.78, 5) is 37.5. The lowest BCUT2D eigenvalue weighted by Gasteiger charge is -2.13. The van der Waals surface area contributed by atoms with E-state index in [0.29, 0.717) is 22.8 Å². The Hall–Kier alpha value is -2.68. The Morgan fingerprint density at radius 2 is 1.67 bits per heavy atom. The van der Waals surface area contributed by atoms with Crippen molar-refractivity contribution in [1.29, 1.82) is 0 Å².